The summed E-state index contributed by atoms with van der Waals surface area (Å²) < 4.78 is 4.98. The summed E-state index contributed by atoms with van der Waals surface area (Å²) >= 11 is 0. The van der Waals surface area contributed by atoms with Crippen molar-refractivity contribution in [2.45, 2.75) is 58.8 Å². The number of hydrogen-bond acceptors (Lipinski definition) is 2. The van der Waals surface area contributed by atoms with Crippen molar-refractivity contribution in [3.05, 3.63) is 12.2 Å². The van der Waals surface area contributed by atoms with Crippen molar-refractivity contribution in [3.8, 4) is 0 Å². The normalized spacial score (nSPS) is 10.8. The first-order valence-electron chi connectivity index (χ1n) is 6.11. The summed E-state index contributed by atoms with van der Waals surface area (Å²) in [6.45, 7) is 4.60. The Bertz CT molecular complexity index is 173. The molecule has 2 heteroatoms. The molecule has 0 aliphatic rings. The Hall–Kier alpha value is -0.790. The van der Waals surface area contributed by atoms with E-state index in [0.717, 1.165) is 19.3 Å². The predicted octanol–water partition coefficient (Wildman–Crippen LogP) is 3.86. The summed E-state index contributed by atoms with van der Waals surface area (Å²) in [4.78, 5) is 10.8. The van der Waals surface area contributed by atoms with Crippen LogP contribution in [0.25, 0.3) is 0 Å². The summed E-state index contributed by atoms with van der Waals surface area (Å²) in [6, 6.07) is 0. The molecule has 0 aliphatic carbocycles. The van der Waals surface area contributed by atoms with Gasteiger partial charge in [-0.2, -0.15) is 0 Å². The van der Waals surface area contributed by atoms with E-state index in [4.69, 9.17) is 4.74 Å². The first kappa shape index (κ1) is 14.2. The first-order chi connectivity index (χ1) is 7.31. The molecular weight excluding hydrogens is 188 g/mol. The monoisotopic (exact) mass is 212 g/mol. The van der Waals surface area contributed by atoms with Gasteiger partial charge in [0.05, 0.1) is 6.61 Å². The van der Waals surface area contributed by atoms with Crippen LogP contribution in [0.2, 0.25) is 0 Å². The second kappa shape index (κ2) is 11.3. The van der Waals surface area contributed by atoms with E-state index in [1.807, 2.05) is 6.92 Å². The molecule has 0 aromatic carbocycles. The molecule has 88 valence electrons. The van der Waals surface area contributed by atoms with Crippen molar-refractivity contribution in [3.63, 3.8) is 0 Å². The maximum absolute atomic E-state index is 10.8. The number of carbonyl (C=O) groups excluding carboxylic acids is 1. The van der Waals surface area contributed by atoms with Crippen LogP contribution in [0.1, 0.15) is 58.8 Å². The Morgan fingerprint density at radius 3 is 2.47 bits per heavy atom. The van der Waals surface area contributed by atoms with Gasteiger partial charge < -0.3 is 4.74 Å². The van der Waals surface area contributed by atoms with Gasteiger partial charge in [0.25, 0.3) is 0 Å². The third kappa shape index (κ3) is 11.1. The largest absolute Gasteiger partial charge is 0.466 e. The number of ether oxygens (including phenoxy) is 1. The van der Waals surface area contributed by atoms with Gasteiger partial charge in [0.15, 0.2) is 0 Å². The molecule has 15 heavy (non-hydrogen) atoms. The minimum atomic E-state index is -0.0853. The highest BCUT2D eigenvalue weighted by atomic mass is 16.5. The summed E-state index contributed by atoms with van der Waals surface area (Å²) in [6.07, 6.45) is 11.9. The summed E-state index contributed by atoms with van der Waals surface area (Å²) in [5.74, 6) is -0.0853. The fourth-order valence-corrected chi connectivity index (χ4v) is 1.23. The van der Waals surface area contributed by atoms with Crippen LogP contribution in [0.3, 0.4) is 0 Å². The van der Waals surface area contributed by atoms with Crippen LogP contribution in [0.4, 0.5) is 0 Å². The van der Waals surface area contributed by atoms with Gasteiger partial charge in [0, 0.05) is 6.42 Å². The lowest BCUT2D eigenvalue weighted by molar-refractivity contribution is -0.143. The van der Waals surface area contributed by atoms with Crippen LogP contribution in [-0.2, 0) is 9.53 Å². The van der Waals surface area contributed by atoms with Crippen molar-refractivity contribution in [2.24, 2.45) is 0 Å². The van der Waals surface area contributed by atoms with Crippen molar-refractivity contribution in [1.29, 1.82) is 0 Å². The molecule has 0 heterocycles. The lowest BCUT2D eigenvalue weighted by atomic mass is 10.2. The third-order valence-electron chi connectivity index (χ3n) is 2.19. The molecule has 0 aromatic rings. The molecule has 0 saturated carbocycles. The number of rotatable bonds is 9. The molecule has 0 radical (unpaired) electrons. The van der Waals surface area contributed by atoms with Gasteiger partial charge in [0.1, 0.15) is 0 Å². The Balaban J connectivity index is 3.08. The smallest absolute Gasteiger partial charge is 0.305 e. The average Bonchev–Trinajstić information content (AvgIpc) is 2.26. The molecule has 0 N–H and O–H groups in total. The minimum Gasteiger partial charge on any atom is -0.466 e. The molecule has 0 unspecified atom stereocenters. The molecule has 0 bridgehead atoms. The first-order valence-corrected chi connectivity index (χ1v) is 6.11. The highest BCUT2D eigenvalue weighted by Gasteiger charge is 1.96. The third-order valence-corrected chi connectivity index (χ3v) is 2.19. The molecule has 0 amide bonds. The lowest BCUT2D eigenvalue weighted by Gasteiger charge is -2.01. The SMILES string of the molecule is CCC/C=C/CCCCCOC(=O)CC. The van der Waals surface area contributed by atoms with E-state index in [0.29, 0.717) is 13.0 Å². The van der Waals surface area contributed by atoms with Crippen LogP contribution in [-0.4, -0.2) is 12.6 Å². The van der Waals surface area contributed by atoms with Crippen molar-refractivity contribution >= 4 is 5.97 Å². The zero-order valence-electron chi connectivity index (χ0n) is 10.1. The quantitative estimate of drug-likeness (QED) is 0.329. The fourth-order valence-electron chi connectivity index (χ4n) is 1.23. The number of carbonyl (C=O) groups is 1. The second-order valence-corrected chi connectivity index (χ2v) is 3.68. The molecule has 2 nitrogen and oxygen atoms in total. The topological polar surface area (TPSA) is 26.3 Å². The van der Waals surface area contributed by atoms with E-state index >= 15 is 0 Å². The second-order valence-electron chi connectivity index (χ2n) is 3.68. The van der Waals surface area contributed by atoms with Crippen LogP contribution in [0.15, 0.2) is 12.2 Å². The molecule has 0 rings (SSSR count). The van der Waals surface area contributed by atoms with Gasteiger partial charge in [-0.15, -0.1) is 0 Å². The molecule has 0 fully saturated rings. The van der Waals surface area contributed by atoms with Crippen LogP contribution >= 0.6 is 0 Å². The lowest BCUT2D eigenvalue weighted by Crippen LogP contribution is -2.03. The average molecular weight is 212 g/mol. The Morgan fingerprint density at radius 2 is 1.80 bits per heavy atom. The van der Waals surface area contributed by atoms with Gasteiger partial charge in [-0.1, -0.05) is 32.4 Å². The molecule has 0 aliphatic heterocycles. The Labute approximate surface area is 93.7 Å². The molecule has 0 aromatic heterocycles. The van der Waals surface area contributed by atoms with Crippen LogP contribution in [0.5, 0.6) is 0 Å². The zero-order chi connectivity index (χ0) is 11.4. The van der Waals surface area contributed by atoms with Crippen LogP contribution < -0.4 is 0 Å². The Morgan fingerprint density at radius 1 is 1.07 bits per heavy atom. The van der Waals surface area contributed by atoms with Gasteiger partial charge >= 0.3 is 5.97 Å². The maximum atomic E-state index is 10.8. The van der Waals surface area contributed by atoms with E-state index in [2.05, 4.69) is 19.1 Å². The number of unbranched alkanes of at least 4 members (excludes halogenated alkanes) is 4. The van der Waals surface area contributed by atoms with Gasteiger partial charge in [-0.3, -0.25) is 4.79 Å². The molecular formula is C13H24O2. The van der Waals surface area contributed by atoms with Crippen molar-refractivity contribution < 1.29 is 9.53 Å². The van der Waals surface area contributed by atoms with Crippen molar-refractivity contribution in [2.75, 3.05) is 6.61 Å². The summed E-state index contributed by atoms with van der Waals surface area (Å²) in [7, 11) is 0. The number of hydrogen-bond donors (Lipinski definition) is 0. The Kier molecular flexibility index (Phi) is 10.7. The highest BCUT2D eigenvalue weighted by molar-refractivity contribution is 5.68. The number of esters is 1. The summed E-state index contributed by atoms with van der Waals surface area (Å²) in [5.41, 5.74) is 0. The van der Waals surface area contributed by atoms with Gasteiger partial charge in [0.2, 0.25) is 0 Å². The van der Waals surface area contributed by atoms with Gasteiger partial charge in [-0.05, 0) is 32.1 Å². The van der Waals surface area contributed by atoms with E-state index < -0.39 is 0 Å². The fraction of sp³-hybridized carbons (Fsp3) is 0.769. The van der Waals surface area contributed by atoms with E-state index in [1.54, 1.807) is 0 Å². The minimum absolute atomic E-state index is 0.0853. The van der Waals surface area contributed by atoms with Crippen LogP contribution in [0, 0.1) is 0 Å². The van der Waals surface area contributed by atoms with E-state index in [-0.39, 0.29) is 5.97 Å². The van der Waals surface area contributed by atoms with Crippen molar-refractivity contribution in [1.82, 2.24) is 0 Å². The molecule has 0 atom stereocenters. The number of allylic oxidation sites excluding steroid dienone is 2. The standard InChI is InChI=1S/C13H24O2/c1-3-5-6-7-8-9-10-11-12-15-13(14)4-2/h6-7H,3-5,8-12H2,1-2H3/b7-6+. The van der Waals surface area contributed by atoms with E-state index in [9.17, 15) is 4.79 Å². The predicted molar refractivity (Wildman–Crippen MR) is 63.8 cm³/mol. The summed E-state index contributed by atoms with van der Waals surface area (Å²) in [5, 5.41) is 0. The van der Waals surface area contributed by atoms with Gasteiger partial charge in [-0.25, -0.2) is 0 Å². The molecule has 0 spiro atoms. The zero-order valence-corrected chi connectivity index (χ0v) is 10.1. The molecule has 0 saturated heterocycles. The van der Waals surface area contributed by atoms with E-state index in [1.165, 1.54) is 19.3 Å². The maximum Gasteiger partial charge on any atom is 0.305 e. The highest BCUT2D eigenvalue weighted by Crippen LogP contribution is 2.02.